The van der Waals surface area contributed by atoms with Crippen LogP contribution >= 0.6 is 12.4 Å². The molecular formula is C11H15ClF3NO. The molecule has 1 aromatic rings. The van der Waals surface area contributed by atoms with Gasteiger partial charge in [0.05, 0.1) is 0 Å². The molecule has 0 bridgehead atoms. The maximum absolute atomic E-state index is 12.0. The van der Waals surface area contributed by atoms with Crippen molar-refractivity contribution in [3.63, 3.8) is 0 Å². The molecule has 2 nitrogen and oxygen atoms in total. The van der Waals surface area contributed by atoms with Crippen LogP contribution < -0.4 is 5.73 Å². The summed E-state index contributed by atoms with van der Waals surface area (Å²) in [4.78, 5) is 0. The van der Waals surface area contributed by atoms with Gasteiger partial charge in [-0.15, -0.1) is 12.4 Å². The van der Waals surface area contributed by atoms with E-state index in [1.54, 1.807) is 19.1 Å². The van der Waals surface area contributed by atoms with Crippen molar-refractivity contribution in [1.82, 2.24) is 0 Å². The molecule has 0 saturated carbocycles. The zero-order chi connectivity index (χ0) is 12.3. The molecule has 0 unspecified atom stereocenters. The third-order valence-corrected chi connectivity index (χ3v) is 2.39. The smallest absolute Gasteiger partial charge is 0.389 e. The van der Waals surface area contributed by atoms with Gasteiger partial charge in [0, 0.05) is 12.5 Å². The maximum Gasteiger partial charge on any atom is 0.389 e. The van der Waals surface area contributed by atoms with E-state index < -0.39 is 18.6 Å². The molecule has 0 radical (unpaired) electrons. The summed E-state index contributed by atoms with van der Waals surface area (Å²) in [6, 6.07) is 3.94. The average molecular weight is 270 g/mol. The summed E-state index contributed by atoms with van der Waals surface area (Å²) in [5.74, 6) is 0.117. The lowest BCUT2D eigenvalue weighted by Crippen LogP contribution is -2.15. The second kappa shape index (κ2) is 6.12. The van der Waals surface area contributed by atoms with E-state index in [-0.39, 0.29) is 24.6 Å². The van der Waals surface area contributed by atoms with E-state index >= 15 is 0 Å². The highest BCUT2D eigenvalue weighted by molar-refractivity contribution is 5.85. The van der Waals surface area contributed by atoms with Gasteiger partial charge in [0.25, 0.3) is 0 Å². The molecule has 1 atom stereocenters. The van der Waals surface area contributed by atoms with Crippen molar-refractivity contribution in [3.8, 4) is 5.75 Å². The van der Waals surface area contributed by atoms with Gasteiger partial charge in [0.1, 0.15) is 5.75 Å². The predicted molar refractivity (Wildman–Crippen MR) is 62.3 cm³/mol. The zero-order valence-corrected chi connectivity index (χ0v) is 10.1. The fourth-order valence-electron chi connectivity index (χ4n) is 1.40. The number of hydrogen-bond acceptors (Lipinski definition) is 2. The number of aromatic hydroxyl groups is 1. The number of hydrogen-bond donors (Lipinski definition) is 2. The normalized spacial score (nSPS) is 13.0. The number of rotatable bonds is 3. The monoisotopic (exact) mass is 269 g/mol. The van der Waals surface area contributed by atoms with Crippen LogP contribution in [0.15, 0.2) is 18.2 Å². The molecule has 0 aliphatic heterocycles. The van der Waals surface area contributed by atoms with Gasteiger partial charge in [-0.3, -0.25) is 0 Å². The average Bonchev–Trinajstić information content (AvgIpc) is 2.17. The van der Waals surface area contributed by atoms with Gasteiger partial charge in [0.2, 0.25) is 0 Å². The van der Waals surface area contributed by atoms with E-state index in [0.29, 0.717) is 11.1 Å². The van der Waals surface area contributed by atoms with Crippen LogP contribution in [0.3, 0.4) is 0 Å². The lowest BCUT2D eigenvalue weighted by atomic mass is 10.0. The van der Waals surface area contributed by atoms with Gasteiger partial charge in [-0.25, -0.2) is 0 Å². The minimum absolute atomic E-state index is 0. The Morgan fingerprint density at radius 3 is 2.41 bits per heavy atom. The molecule has 0 amide bonds. The minimum atomic E-state index is -4.18. The second-order valence-electron chi connectivity index (χ2n) is 3.81. The van der Waals surface area contributed by atoms with Crippen molar-refractivity contribution in [3.05, 3.63) is 29.3 Å². The van der Waals surface area contributed by atoms with Crippen molar-refractivity contribution in [2.75, 3.05) is 0 Å². The van der Waals surface area contributed by atoms with E-state index in [1.165, 1.54) is 6.07 Å². The molecule has 0 aliphatic rings. The van der Waals surface area contributed by atoms with Crippen LogP contribution in [0.4, 0.5) is 13.2 Å². The van der Waals surface area contributed by atoms with Gasteiger partial charge in [0.15, 0.2) is 0 Å². The molecule has 0 heterocycles. The lowest BCUT2D eigenvalue weighted by Gasteiger charge is -2.14. The van der Waals surface area contributed by atoms with Crippen molar-refractivity contribution in [1.29, 1.82) is 0 Å². The number of aryl methyl sites for hydroxylation is 1. The Labute approximate surface area is 104 Å². The number of halogens is 4. The van der Waals surface area contributed by atoms with Crippen LogP contribution in [-0.4, -0.2) is 11.3 Å². The molecule has 0 aliphatic carbocycles. The predicted octanol–water partition coefficient (Wildman–Crippen LogP) is 3.46. The Balaban J connectivity index is 0.00000256. The molecule has 0 aromatic heterocycles. The van der Waals surface area contributed by atoms with Gasteiger partial charge < -0.3 is 10.8 Å². The van der Waals surface area contributed by atoms with Gasteiger partial charge in [-0.2, -0.15) is 13.2 Å². The van der Waals surface area contributed by atoms with E-state index in [9.17, 15) is 18.3 Å². The summed E-state index contributed by atoms with van der Waals surface area (Å²) >= 11 is 0. The fourth-order valence-corrected chi connectivity index (χ4v) is 1.40. The van der Waals surface area contributed by atoms with Crippen LogP contribution in [0.1, 0.15) is 30.0 Å². The van der Waals surface area contributed by atoms with Crippen LogP contribution in [0.5, 0.6) is 5.75 Å². The number of phenolic OH excluding ortho intramolecular Hbond substituents is 1. The number of benzene rings is 1. The van der Waals surface area contributed by atoms with Gasteiger partial charge in [-0.05, 0) is 30.5 Å². The van der Waals surface area contributed by atoms with E-state index in [2.05, 4.69) is 0 Å². The SMILES string of the molecule is Cc1cc([C@H](N)CCC(F)(F)F)ccc1O.Cl. The number of phenols is 1. The fraction of sp³-hybridized carbons (Fsp3) is 0.455. The highest BCUT2D eigenvalue weighted by atomic mass is 35.5. The quantitative estimate of drug-likeness (QED) is 0.883. The summed E-state index contributed by atoms with van der Waals surface area (Å²) in [7, 11) is 0. The molecule has 6 heteroatoms. The summed E-state index contributed by atoms with van der Waals surface area (Å²) in [6.45, 7) is 1.68. The number of nitrogens with two attached hydrogens (primary N) is 1. The van der Waals surface area contributed by atoms with Crippen LogP contribution in [0.25, 0.3) is 0 Å². The maximum atomic E-state index is 12.0. The molecule has 0 fully saturated rings. The summed E-state index contributed by atoms with van der Waals surface area (Å²) < 4.78 is 35.9. The molecule has 3 N–H and O–H groups in total. The first-order chi connectivity index (χ1) is 7.29. The zero-order valence-electron chi connectivity index (χ0n) is 9.29. The van der Waals surface area contributed by atoms with Crippen molar-refractivity contribution in [2.45, 2.75) is 32.0 Å². The molecule has 0 spiro atoms. The highest BCUT2D eigenvalue weighted by Gasteiger charge is 2.27. The third kappa shape index (κ3) is 5.28. The molecular weight excluding hydrogens is 255 g/mol. The Hall–Kier alpha value is -0.940. The first-order valence-corrected chi connectivity index (χ1v) is 4.91. The van der Waals surface area contributed by atoms with Crippen molar-refractivity contribution in [2.24, 2.45) is 5.73 Å². The topological polar surface area (TPSA) is 46.2 Å². The summed E-state index contributed by atoms with van der Waals surface area (Å²) in [6.07, 6.45) is -5.22. The van der Waals surface area contributed by atoms with E-state index in [4.69, 9.17) is 5.73 Å². The Bertz CT molecular complexity index is 368. The first-order valence-electron chi connectivity index (χ1n) is 4.91. The number of alkyl halides is 3. The first kappa shape index (κ1) is 16.1. The van der Waals surface area contributed by atoms with Gasteiger partial charge in [-0.1, -0.05) is 12.1 Å². The summed E-state index contributed by atoms with van der Waals surface area (Å²) in [5.41, 5.74) is 6.86. The molecule has 1 aromatic carbocycles. The van der Waals surface area contributed by atoms with Crippen molar-refractivity contribution < 1.29 is 18.3 Å². The largest absolute Gasteiger partial charge is 0.508 e. The third-order valence-electron chi connectivity index (χ3n) is 2.39. The molecule has 17 heavy (non-hydrogen) atoms. The Morgan fingerprint density at radius 1 is 1.35 bits per heavy atom. The van der Waals surface area contributed by atoms with E-state index in [1.807, 2.05) is 0 Å². The van der Waals surface area contributed by atoms with Crippen LogP contribution in [-0.2, 0) is 0 Å². The lowest BCUT2D eigenvalue weighted by molar-refractivity contribution is -0.136. The molecule has 0 saturated heterocycles. The van der Waals surface area contributed by atoms with Gasteiger partial charge >= 0.3 is 6.18 Å². The standard InChI is InChI=1S/C11H14F3NO.ClH/c1-7-6-8(2-3-10(7)16)9(15)4-5-11(12,13)14;/h2-3,6,9,16H,4-5,15H2,1H3;1H/t9-;/m1./s1. The van der Waals surface area contributed by atoms with Crippen molar-refractivity contribution >= 4 is 12.4 Å². The highest BCUT2D eigenvalue weighted by Crippen LogP contribution is 2.28. The molecule has 98 valence electrons. The summed E-state index contributed by atoms with van der Waals surface area (Å²) in [5, 5.41) is 9.26. The minimum Gasteiger partial charge on any atom is -0.508 e. The van der Waals surface area contributed by atoms with Crippen LogP contribution in [0, 0.1) is 6.92 Å². The Kier molecular flexibility index (Phi) is 5.78. The molecule has 1 rings (SSSR count). The second-order valence-corrected chi connectivity index (χ2v) is 3.81. The Morgan fingerprint density at radius 2 is 1.94 bits per heavy atom. The van der Waals surface area contributed by atoms with E-state index in [0.717, 1.165) is 0 Å². The van der Waals surface area contributed by atoms with Crippen LogP contribution in [0.2, 0.25) is 0 Å².